The summed E-state index contributed by atoms with van der Waals surface area (Å²) in [4.78, 5) is 0. The first kappa shape index (κ1) is 9.02. The summed E-state index contributed by atoms with van der Waals surface area (Å²) in [5.41, 5.74) is 0. The lowest BCUT2D eigenvalue weighted by molar-refractivity contribution is 0.278. The van der Waals surface area contributed by atoms with Crippen LogP contribution in [0.1, 0.15) is 0 Å². The summed E-state index contributed by atoms with van der Waals surface area (Å²) in [5, 5.41) is 28.6. The van der Waals surface area contributed by atoms with Gasteiger partial charge in [0.15, 0.2) is 0 Å². The van der Waals surface area contributed by atoms with Crippen molar-refractivity contribution >= 4 is 7.32 Å². The fourth-order valence-corrected chi connectivity index (χ4v) is 0.253. The van der Waals surface area contributed by atoms with E-state index in [4.69, 9.17) is 15.1 Å². The van der Waals surface area contributed by atoms with Crippen LogP contribution >= 0.6 is 0 Å². The third-order valence-electron chi connectivity index (χ3n) is 0.483. The molecule has 0 aliphatic rings. The molecular formula is C4H7BN2O3. The third-order valence-corrected chi connectivity index (χ3v) is 0.483. The lowest BCUT2D eigenvalue weighted by Gasteiger charge is -1.69. The Morgan fingerprint density at radius 1 is 0.900 bits per heavy atom. The summed E-state index contributed by atoms with van der Waals surface area (Å²) >= 11 is 0. The van der Waals surface area contributed by atoms with Gasteiger partial charge in [-0.15, -0.1) is 0 Å². The van der Waals surface area contributed by atoms with E-state index in [-0.39, 0.29) is 0 Å². The average Bonchev–Trinajstić information content (AvgIpc) is 1.90. The summed E-state index contributed by atoms with van der Waals surface area (Å²) in [5.74, 6) is 0. The van der Waals surface area contributed by atoms with E-state index in [1.807, 2.05) is 12.1 Å². The number of hydrogen-bond donors (Lipinski definition) is 3. The van der Waals surface area contributed by atoms with E-state index in [2.05, 4.69) is 10.2 Å². The van der Waals surface area contributed by atoms with Crippen molar-refractivity contribution in [2.45, 2.75) is 0 Å². The summed E-state index contributed by atoms with van der Waals surface area (Å²) in [6, 6.07) is 3.65. The minimum atomic E-state index is -2.17. The summed E-state index contributed by atoms with van der Waals surface area (Å²) in [6.45, 7) is 0. The Morgan fingerprint density at radius 2 is 1.20 bits per heavy atom. The molecule has 54 valence electrons. The Balaban J connectivity index is 0.000000180. The zero-order valence-corrected chi connectivity index (χ0v) is 5.12. The Labute approximate surface area is 58.2 Å². The quantitative estimate of drug-likeness (QED) is 0.380. The predicted molar refractivity (Wildman–Crippen MR) is 34.4 cm³/mol. The minimum Gasteiger partial charge on any atom is -0.402 e. The van der Waals surface area contributed by atoms with Crippen molar-refractivity contribution in [3.8, 4) is 0 Å². The molecule has 0 spiro atoms. The van der Waals surface area contributed by atoms with E-state index in [9.17, 15) is 0 Å². The van der Waals surface area contributed by atoms with E-state index in [0.29, 0.717) is 0 Å². The predicted octanol–water partition coefficient (Wildman–Crippen LogP) is -1.58. The molecule has 0 atom stereocenters. The third kappa shape index (κ3) is 10.1. The van der Waals surface area contributed by atoms with Crippen LogP contribution in [0.25, 0.3) is 0 Å². The van der Waals surface area contributed by atoms with E-state index in [0.717, 1.165) is 0 Å². The maximum Gasteiger partial charge on any atom is 0.631 e. The molecule has 0 aliphatic heterocycles. The average molecular weight is 142 g/mol. The van der Waals surface area contributed by atoms with Crippen molar-refractivity contribution in [2.75, 3.05) is 0 Å². The van der Waals surface area contributed by atoms with Gasteiger partial charge in [0, 0.05) is 12.4 Å². The zero-order chi connectivity index (χ0) is 7.82. The van der Waals surface area contributed by atoms with Crippen LogP contribution in [0.2, 0.25) is 0 Å². The van der Waals surface area contributed by atoms with Gasteiger partial charge >= 0.3 is 7.32 Å². The van der Waals surface area contributed by atoms with Gasteiger partial charge < -0.3 is 15.1 Å². The van der Waals surface area contributed by atoms with E-state index in [1.54, 1.807) is 12.4 Å². The lowest BCUT2D eigenvalue weighted by atomic mass is 10.3. The monoisotopic (exact) mass is 142 g/mol. The van der Waals surface area contributed by atoms with E-state index >= 15 is 0 Å². The first-order valence-electron chi connectivity index (χ1n) is 2.49. The first-order valence-corrected chi connectivity index (χ1v) is 2.49. The van der Waals surface area contributed by atoms with Gasteiger partial charge in [-0.25, -0.2) is 0 Å². The molecule has 0 fully saturated rings. The molecule has 0 aliphatic carbocycles. The van der Waals surface area contributed by atoms with Crippen molar-refractivity contribution in [2.24, 2.45) is 0 Å². The van der Waals surface area contributed by atoms with Crippen molar-refractivity contribution in [3.63, 3.8) is 0 Å². The maximum absolute atomic E-state index is 7.17. The smallest absolute Gasteiger partial charge is 0.402 e. The summed E-state index contributed by atoms with van der Waals surface area (Å²) in [6.07, 6.45) is 3.28. The molecule has 1 heterocycles. The molecule has 0 aromatic carbocycles. The highest BCUT2D eigenvalue weighted by Crippen LogP contribution is 1.68. The second kappa shape index (κ2) is 6.15. The summed E-state index contributed by atoms with van der Waals surface area (Å²) < 4.78 is 0. The van der Waals surface area contributed by atoms with Crippen molar-refractivity contribution < 1.29 is 15.1 Å². The molecule has 0 saturated carbocycles. The zero-order valence-electron chi connectivity index (χ0n) is 5.12. The molecule has 0 bridgehead atoms. The first-order chi connectivity index (χ1) is 4.73. The maximum atomic E-state index is 7.17. The van der Waals surface area contributed by atoms with Crippen molar-refractivity contribution in [1.82, 2.24) is 10.2 Å². The fourth-order valence-electron chi connectivity index (χ4n) is 0.253. The van der Waals surface area contributed by atoms with Crippen LogP contribution in [0, 0.1) is 0 Å². The molecule has 10 heavy (non-hydrogen) atoms. The molecule has 5 nitrogen and oxygen atoms in total. The van der Waals surface area contributed by atoms with Crippen LogP contribution in [-0.4, -0.2) is 32.6 Å². The second-order valence-corrected chi connectivity index (χ2v) is 1.26. The van der Waals surface area contributed by atoms with Crippen molar-refractivity contribution in [1.29, 1.82) is 0 Å². The van der Waals surface area contributed by atoms with Gasteiger partial charge in [-0.2, -0.15) is 10.2 Å². The van der Waals surface area contributed by atoms with E-state index < -0.39 is 7.32 Å². The molecule has 0 saturated heterocycles. The molecular weight excluding hydrogens is 135 g/mol. The molecule has 1 aromatic rings. The number of hydrogen-bond acceptors (Lipinski definition) is 5. The molecule has 3 N–H and O–H groups in total. The van der Waals surface area contributed by atoms with Gasteiger partial charge in [0.1, 0.15) is 0 Å². The van der Waals surface area contributed by atoms with Crippen LogP contribution < -0.4 is 0 Å². The number of rotatable bonds is 0. The Kier molecular flexibility index (Phi) is 5.55. The standard InChI is InChI=1S/C4H4N2.BH3O3/c1-2-4-6-5-3-1;2-1(3)4/h1-4H;2-4H. The topological polar surface area (TPSA) is 86.5 Å². The van der Waals surface area contributed by atoms with Gasteiger partial charge in [-0.05, 0) is 12.1 Å². The molecule has 6 heteroatoms. The highest BCUT2D eigenvalue weighted by atomic mass is 16.5. The highest BCUT2D eigenvalue weighted by molar-refractivity contribution is 6.30. The van der Waals surface area contributed by atoms with Crippen LogP contribution in [0.4, 0.5) is 0 Å². The molecule has 0 radical (unpaired) electrons. The number of aromatic nitrogens is 2. The Hall–Kier alpha value is -0.975. The van der Waals surface area contributed by atoms with Gasteiger partial charge in [0.05, 0.1) is 0 Å². The molecule has 0 unspecified atom stereocenters. The van der Waals surface area contributed by atoms with Gasteiger partial charge in [-0.3, -0.25) is 0 Å². The van der Waals surface area contributed by atoms with Crippen molar-refractivity contribution in [3.05, 3.63) is 24.5 Å². The summed E-state index contributed by atoms with van der Waals surface area (Å²) in [7, 11) is -2.17. The van der Waals surface area contributed by atoms with Gasteiger partial charge in [-0.1, -0.05) is 0 Å². The van der Waals surface area contributed by atoms with E-state index in [1.165, 1.54) is 0 Å². The van der Waals surface area contributed by atoms with Gasteiger partial charge in [0.2, 0.25) is 0 Å². The Bertz CT molecular complexity index is 119. The van der Waals surface area contributed by atoms with Crippen LogP contribution in [0.15, 0.2) is 24.5 Å². The Morgan fingerprint density at radius 3 is 1.30 bits per heavy atom. The van der Waals surface area contributed by atoms with Gasteiger partial charge in [0.25, 0.3) is 0 Å². The molecule has 1 aromatic heterocycles. The SMILES string of the molecule is OB(O)O.c1ccnnc1. The normalized spacial score (nSPS) is 7.50. The molecule has 0 amide bonds. The molecule has 1 rings (SSSR count). The second-order valence-electron chi connectivity index (χ2n) is 1.26. The minimum absolute atomic E-state index is 1.64. The van der Waals surface area contributed by atoms with Crippen LogP contribution in [0.5, 0.6) is 0 Å². The highest BCUT2D eigenvalue weighted by Gasteiger charge is 1.92. The number of nitrogens with zero attached hydrogens (tertiary/aromatic N) is 2. The fraction of sp³-hybridized carbons (Fsp3) is 0. The van der Waals surface area contributed by atoms with Crippen LogP contribution in [-0.2, 0) is 0 Å². The lowest BCUT2D eigenvalue weighted by Crippen LogP contribution is -2.07. The van der Waals surface area contributed by atoms with Crippen LogP contribution in [0.3, 0.4) is 0 Å². The largest absolute Gasteiger partial charge is 0.631 e.